The van der Waals surface area contributed by atoms with Crippen LogP contribution in [0.2, 0.25) is 5.02 Å². The lowest BCUT2D eigenvalue weighted by molar-refractivity contribution is -0.392. The molecule has 1 heterocycles. The normalized spacial score (nSPS) is 12.9. The van der Waals surface area contributed by atoms with E-state index in [9.17, 15) is 28.1 Å². The Labute approximate surface area is 198 Å². The first kappa shape index (κ1) is 26.1. The number of halogens is 7. The molecule has 2 rings (SSSR count). The van der Waals surface area contributed by atoms with Crippen molar-refractivity contribution in [2.45, 2.75) is 29.6 Å². The van der Waals surface area contributed by atoms with Crippen LogP contribution in [0.15, 0.2) is 24.4 Å². The van der Waals surface area contributed by atoms with E-state index in [0.717, 1.165) is 18.3 Å². The van der Waals surface area contributed by atoms with Gasteiger partial charge in [0.2, 0.25) is 3.79 Å². The monoisotopic (exact) mass is 537 g/mol. The van der Waals surface area contributed by atoms with E-state index in [4.69, 9.17) is 51.1 Å². The van der Waals surface area contributed by atoms with Gasteiger partial charge in [-0.3, -0.25) is 5.32 Å². The highest BCUT2D eigenvalue weighted by atomic mass is 35.6. The van der Waals surface area contributed by atoms with E-state index in [0.29, 0.717) is 11.9 Å². The molecule has 2 aromatic rings. The molecular formula is C16H14Cl4F3N5O4. The van der Waals surface area contributed by atoms with Gasteiger partial charge in [-0.05, 0) is 23.1 Å². The SMILES string of the molecule is Cc1ncc([N+](=O)[O-])n1CCOC(=O)NC(Nc1cc(C(F)(F)F)ccc1Cl)C(Cl)(Cl)Cl. The van der Waals surface area contributed by atoms with E-state index in [2.05, 4.69) is 15.6 Å². The molecule has 9 nitrogen and oxygen atoms in total. The summed E-state index contributed by atoms with van der Waals surface area (Å²) in [5.41, 5.74) is -1.28. The summed E-state index contributed by atoms with van der Waals surface area (Å²) >= 11 is 23.3. The third-order valence-electron chi connectivity index (χ3n) is 3.95. The lowest BCUT2D eigenvalue weighted by atomic mass is 10.2. The molecule has 1 aromatic carbocycles. The number of aromatic nitrogens is 2. The second-order valence-electron chi connectivity index (χ2n) is 6.16. The molecule has 0 aliphatic rings. The third-order valence-corrected chi connectivity index (χ3v) is 4.94. The molecule has 1 atom stereocenters. The first-order chi connectivity index (χ1) is 14.7. The summed E-state index contributed by atoms with van der Waals surface area (Å²) in [6, 6.07) is 2.43. The Hall–Kier alpha value is -2.15. The molecule has 32 heavy (non-hydrogen) atoms. The highest BCUT2D eigenvalue weighted by molar-refractivity contribution is 6.68. The summed E-state index contributed by atoms with van der Waals surface area (Å²) in [6.45, 7) is 1.11. The van der Waals surface area contributed by atoms with Crippen LogP contribution >= 0.6 is 46.4 Å². The fourth-order valence-corrected chi connectivity index (χ4v) is 2.93. The summed E-state index contributed by atoms with van der Waals surface area (Å²) in [4.78, 5) is 26.2. The summed E-state index contributed by atoms with van der Waals surface area (Å²) in [5, 5.41) is 15.4. The van der Waals surface area contributed by atoms with Crippen molar-refractivity contribution >= 4 is 64.0 Å². The predicted octanol–water partition coefficient (Wildman–Crippen LogP) is 5.31. The average molecular weight is 539 g/mol. The number of alkyl halides is 6. The number of amides is 1. The highest BCUT2D eigenvalue weighted by Gasteiger charge is 2.36. The van der Waals surface area contributed by atoms with Gasteiger partial charge in [0.15, 0.2) is 5.82 Å². The Morgan fingerprint density at radius 1 is 1.34 bits per heavy atom. The molecule has 176 valence electrons. The van der Waals surface area contributed by atoms with Crippen LogP contribution in [0.4, 0.5) is 29.5 Å². The van der Waals surface area contributed by atoms with Crippen molar-refractivity contribution in [1.29, 1.82) is 0 Å². The maximum absolute atomic E-state index is 13.0. The number of alkyl carbamates (subject to hydrolysis) is 1. The van der Waals surface area contributed by atoms with Gasteiger partial charge in [-0.2, -0.15) is 13.2 Å². The summed E-state index contributed by atoms with van der Waals surface area (Å²) in [7, 11) is 0. The molecule has 16 heteroatoms. The number of anilines is 1. The quantitative estimate of drug-likeness (QED) is 0.214. The number of carbonyl (C=O) groups is 1. The zero-order valence-corrected chi connectivity index (χ0v) is 18.9. The maximum Gasteiger partial charge on any atom is 0.416 e. The fourth-order valence-electron chi connectivity index (χ4n) is 2.43. The van der Waals surface area contributed by atoms with Gasteiger partial charge in [-0.1, -0.05) is 46.4 Å². The minimum atomic E-state index is -4.66. The van der Waals surface area contributed by atoms with Crippen molar-refractivity contribution in [2.75, 3.05) is 11.9 Å². The Kier molecular flexibility index (Phi) is 8.32. The predicted molar refractivity (Wildman–Crippen MR) is 112 cm³/mol. The van der Waals surface area contributed by atoms with Gasteiger partial charge in [0.05, 0.1) is 16.3 Å². The van der Waals surface area contributed by atoms with Gasteiger partial charge in [0.25, 0.3) is 0 Å². The standard InChI is InChI=1S/C16H14Cl4F3N5O4/c1-8-24-7-12(28(30)31)27(8)4-5-32-14(29)26-13(15(18,19)20)25-11-6-9(16(21,22)23)2-3-10(11)17/h2-3,6-7,13,25H,4-5H2,1H3,(H,26,29). The van der Waals surface area contributed by atoms with E-state index in [-0.39, 0.29) is 29.7 Å². The number of hydrogen-bond donors (Lipinski definition) is 2. The number of hydrogen-bond acceptors (Lipinski definition) is 6. The van der Waals surface area contributed by atoms with Crippen LogP contribution in [-0.4, -0.2) is 37.1 Å². The minimum absolute atomic E-state index is 0.0963. The van der Waals surface area contributed by atoms with E-state index < -0.39 is 32.7 Å². The van der Waals surface area contributed by atoms with Crippen molar-refractivity contribution < 1.29 is 27.6 Å². The average Bonchev–Trinajstić information content (AvgIpc) is 3.02. The Bertz CT molecular complexity index is 997. The molecule has 2 N–H and O–H groups in total. The van der Waals surface area contributed by atoms with Crippen LogP contribution in [0.5, 0.6) is 0 Å². The second-order valence-corrected chi connectivity index (χ2v) is 8.94. The fraction of sp³-hybridized carbons (Fsp3) is 0.375. The Morgan fingerprint density at radius 2 is 2.00 bits per heavy atom. The molecule has 0 spiro atoms. The number of rotatable bonds is 7. The second kappa shape index (κ2) is 10.2. The smallest absolute Gasteiger partial charge is 0.416 e. The van der Waals surface area contributed by atoms with Crippen LogP contribution in [0, 0.1) is 17.0 Å². The summed E-state index contributed by atoms with van der Waals surface area (Å²) in [6.07, 6.45) is -6.27. The molecular weight excluding hydrogens is 525 g/mol. The molecule has 1 aromatic heterocycles. The van der Waals surface area contributed by atoms with Gasteiger partial charge in [-0.25, -0.2) is 14.3 Å². The van der Waals surface area contributed by atoms with Crippen LogP contribution in [0.3, 0.4) is 0 Å². The van der Waals surface area contributed by atoms with E-state index in [1.54, 1.807) is 0 Å². The number of benzene rings is 1. The van der Waals surface area contributed by atoms with Crippen molar-refractivity contribution in [2.24, 2.45) is 0 Å². The summed E-state index contributed by atoms with van der Waals surface area (Å²) < 4.78 is 42.8. The number of carbonyl (C=O) groups excluding carboxylic acids is 1. The molecule has 0 saturated carbocycles. The van der Waals surface area contributed by atoms with Crippen LogP contribution < -0.4 is 10.6 Å². The van der Waals surface area contributed by atoms with Crippen LogP contribution in [0.25, 0.3) is 0 Å². The lowest BCUT2D eigenvalue weighted by Crippen LogP contribution is -2.49. The summed E-state index contributed by atoms with van der Waals surface area (Å²) in [5.74, 6) is 0.0206. The van der Waals surface area contributed by atoms with Gasteiger partial charge >= 0.3 is 18.1 Å². The van der Waals surface area contributed by atoms with Crippen LogP contribution in [0.1, 0.15) is 11.4 Å². The Morgan fingerprint density at radius 3 is 2.56 bits per heavy atom. The zero-order valence-electron chi connectivity index (χ0n) is 15.9. The number of ether oxygens (including phenoxy) is 1. The molecule has 0 saturated heterocycles. The third kappa shape index (κ3) is 6.92. The molecule has 0 aliphatic heterocycles. The van der Waals surface area contributed by atoms with E-state index in [1.165, 1.54) is 11.5 Å². The molecule has 0 fully saturated rings. The number of imidazole rings is 1. The molecule has 0 radical (unpaired) electrons. The molecule has 1 amide bonds. The van der Waals surface area contributed by atoms with Crippen molar-refractivity contribution in [3.63, 3.8) is 0 Å². The van der Waals surface area contributed by atoms with E-state index in [1.807, 2.05) is 0 Å². The van der Waals surface area contributed by atoms with Crippen molar-refractivity contribution in [3.05, 3.63) is 50.9 Å². The number of nitro groups is 1. The van der Waals surface area contributed by atoms with Gasteiger partial charge < -0.3 is 20.2 Å². The van der Waals surface area contributed by atoms with Crippen molar-refractivity contribution in [3.8, 4) is 0 Å². The minimum Gasteiger partial charge on any atom is -0.445 e. The van der Waals surface area contributed by atoms with Gasteiger partial charge in [-0.15, -0.1) is 0 Å². The molecule has 0 aliphatic carbocycles. The lowest BCUT2D eigenvalue weighted by Gasteiger charge is -2.27. The van der Waals surface area contributed by atoms with Crippen LogP contribution in [-0.2, 0) is 17.5 Å². The van der Waals surface area contributed by atoms with Gasteiger partial charge in [0.1, 0.15) is 25.5 Å². The number of nitrogens with zero attached hydrogens (tertiary/aromatic N) is 3. The Balaban J connectivity index is 2.07. The zero-order chi connectivity index (χ0) is 24.3. The molecule has 0 bridgehead atoms. The first-order valence-corrected chi connectivity index (χ1v) is 10.0. The highest BCUT2D eigenvalue weighted by Crippen LogP contribution is 2.36. The maximum atomic E-state index is 13.0. The van der Waals surface area contributed by atoms with E-state index >= 15 is 0 Å². The first-order valence-electron chi connectivity index (χ1n) is 8.50. The topological polar surface area (TPSA) is 111 Å². The number of nitrogens with one attached hydrogen (secondary N) is 2. The van der Waals surface area contributed by atoms with Crippen molar-refractivity contribution in [1.82, 2.24) is 14.9 Å². The largest absolute Gasteiger partial charge is 0.445 e. The molecule has 1 unspecified atom stereocenters. The number of aryl methyl sites for hydroxylation is 1. The van der Waals surface area contributed by atoms with Gasteiger partial charge in [0, 0.05) is 6.92 Å².